The lowest BCUT2D eigenvalue weighted by Gasteiger charge is -2.18. The Labute approximate surface area is 140 Å². The minimum atomic E-state index is -0.102. The molecule has 0 radical (unpaired) electrons. The van der Waals surface area contributed by atoms with E-state index in [1.165, 1.54) is 12.8 Å². The van der Waals surface area contributed by atoms with E-state index in [4.69, 9.17) is 5.10 Å². The third-order valence-electron chi connectivity index (χ3n) is 4.48. The Bertz CT molecular complexity index is 752. The molecule has 128 valence electrons. The van der Waals surface area contributed by atoms with E-state index >= 15 is 0 Å². The standard InChI is InChI=1S/C16H23N7O/c1-10(2)17-16(24)18-12-7-8-22(9-12)14-6-5-13-19-20-15(11-3-4-11)23(13)21-14/h5-6,10-12H,3-4,7-9H2,1-2H3,(H2,17,18,24). The minimum Gasteiger partial charge on any atom is -0.353 e. The first kappa shape index (κ1) is 15.2. The maximum absolute atomic E-state index is 11.8. The lowest BCUT2D eigenvalue weighted by atomic mass is 10.3. The van der Waals surface area contributed by atoms with Gasteiger partial charge >= 0.3 is 6.03 Å². The van der Waals surface area contributed by atoms with Gasteiger partial charge in [0.05, 0.1) is 0 Å². The third kappa shape index (κ3) is 3.00. The first-order valence-electron chi connectivity index (χ1n) is 8.64. The number of nitrogens with one attached hydrogen (secondary N) is 2. The fraction of sp³-hybridized carbons (Fsp3) is 0.625. The second kappa shape index (κ2) is 5.92. The molecule has 2 N–H and O–H groups in total. The molecule has 2 aromatic rings. The summed E-state index contributed by atoms with van der Waals surface area (Å²) >= 11 is 0. The molecule has 8 nitrogen and oxygen atoms in total. The zero-order chi connectivity index (χ0) is 16.7. The van der Waals surface area contributed by atoms with Gasteiger partial charge in [0.2, 0.25) is 0 Å². The van der Waals surface area contributed by atoms with E-state index in [9.17, 15) is 4.79 Å². The maximum atomic E-state index is 11.8. The molecule has 0 spiro atoms. The Hall–Kier alpha value is -2.38. The van der Waals surface area contributed by atoms with Gasteiger partial charge in [0.1, 0.15) is 5.82 Å². The molecule has 2 aliphatic rings. The summed E-state index contributed by atoms with van der Waals surface area (Å²) in [5.41, 5.74) is 0.797. The van der Waals surface area contributed by atoms with Crippen molar-refractivity contribution in [3.05, 3.63) is 18.0 Å². The number of rotatable bonds is 4. The summed E-state index contributed by atoms with van der Waals surface area (Å²) in [4.78, 5) is 14.0. The van der Waals surface area contributed by atoms with Crippen LogP contribution in [0.2, 0.25) is 0 Å². The van der Waals surface area contributed by atoms with Gasteiger partial charge in [-0.05, 0) is 45.2 Å². The normalized spacial score (nSPS) is 20.8. The second-order valence-electron chi connectivity index (χ2n) is 7.00. The number of anilines is 1. The number of amides is 2. The SMILES string of the molecule is CC(C)NC(=O)NC1CCN(c2ccc3nnc(C4CC4)n3n2)C1. The molecule has 1 aliphatic carbocycles. The van der Waals surface area contributed by atoms with E-state index in [0.717, 1.165) is 36.8 Å². The van der Waals surface area contributed by atoms with E-state index in [0.29, 0.717) is 5.92 Å². The molecule has 2 fully saturated rings. The molecule has 1 aliphatic heterocycles. The number of carbonyl (C=O) groups excluding carboxylic acids is 1. The van der Waals surface area contributed by atoms with E-state index < -0.39 is 0 Å². The Balaban J connectivity index is 1.45. The molecule has 1 saturated carbocycles. The van der Waals surface area contributed by atoms with E-state index in [-0.39, 0.29) is 18.1 Å². The predicted molar refractivity (Wildman–Crippen MR) is 90.2 cm³/mol. The molecule has 0 aromatic carbocycles. The van der Waals surface area contributed by atoms with Gasteiger partial charge in [0, 0.05) is 31.1 Å². The summed E-state index contributed by atoms with van der Waals surface area (Å²) in [5, 5.41) is 19.1. The fourth-order valence-electron chi connectivity index (χ4n) is 3.14. The molecular weight excluding hydrogens is 306 g/mol. The largest absolute Gasteiger partial charge is 0.353 e. The Morgan fingerprint density at radius 2 is 2.08 bits per heavy atom. The van der Waals surface area contributed by atoms with Gasteiger partial charge in [-0.15, -0.1) is 15.3 Å². The quantitative estimate of drug-likeness (QED) is 0.882. The monoisotopic (exact) mass is 329 g/mol. The summed E-state index contributed by atoms with van der Waals surface area (Å²) in [5.74, 6) is 2.39. The van der Waals surface area contributed by atoms with Crippen molar-refractivity contribution in [1.29, 1.82) is 0 Å². The molecule has 8 heteroatoms. The molecule has 1 unspecified atom stereocenters. The van der Waals surface area contributed by atoms with Crippen molar-refractivity contribution in [1.82, 2.24) is 30.4 Å². The molecule has 2 aromatic heterocycles. The first-order chi connectivity index (χ1) is 11.6. The van der Waals surface area contributed by atoms with Crippen LogP contribution in [-0.2, 0) is 0 Å². The average molecular weight is 329 g/mol. The highest BCUT2D eigenvalue weighted by Gasteiger charge is 2.30. The zero-order valence-electron chi connectivity index (χ0n) is 14.1. The van der Waals surface area contributed by atoms with E-state index in [1.54, 1.807) is 0 Å². The lowest BCUT2D eigenvalue weighted by Crippen LogP contribution is -2.45. The highest BCUT2D eigenvalue weighted by Crippen LogP contribution is 2.38. The van der Waals surface area contributed by atoms with Gasteiger partial charge in [-0.3, -0.25) is 0 Å². The number of hydrogen-bond donors (Lipinski definition) is 2. The molecule has 3 heterocycles. The van der Waals surface area contributed by atoms with Crippen LogP contribution in [0.5, 0.6) is 0 Å². The van der Waals surface area contributed by atoms with Gasteiger partial charge < -0.3 is 15.5 Å². The molecule has 1 saturated heterocycles. The van der Waals surface area contributed by atoms with Crippen LogP contribution >= 0.6 is 0 Å². The highest BCUT2D eigenvalue weighted by molar-refractivity contribution is 5.74. The van der Waals surface area contributed by atoms with E-state index in [1.807, 2.05) is 30.5 Å². The molecule has 1 atom stereocenters. The number of aromatic nitrogens is 4. The number of nitrogens with zero attached hydrogens (tertiary/aromatic N) is 5. The van der Waals surface area contributed by atoms with Crippen LogP contribution in [-0.4, -0.2) is 51.0 Å². The van der Waals surface area contributed by atoms with Crippen LogP contribution in [0.25, 0.3) is 5.65 Å². The van der Waals surface area contributed by atoms with Gasteiger partial charge in [0.15, 0.2) is 11.5 Å². The minimum absolute atomic E-state index is 0.102. The van der Waals surface area contributed by atoms with Crippen LogP contribution in [0.15, 0.2) is 12.1 Å². The van der Waals surface area contributed by atoms with Crippen LogP contribution in [0.4, 0.5) is 10.6 Å². The smallest absolute Gasteiger partial charge is 0.315 e. The van der Waals surface area contributed by atoms with Crippen molar-refractivity contribution in [3.8, 4) is 0 Å². The van der Waals surface area contributed by atoms with Crippen LogP contribution in [0.3, 0.4) is 0 Å². The maximum Gasteiger partial charge on any atom is 0.315 e. The Kier molecular flexibility index (Phi) is 3.74. The average Bonchev–Trinajstić information content (AvgIpc) is 3.12. The molecule has 4 rings (SSSR count). The predicted octanol–water partition coefficient (Wildman–Crippen LogP) is 1.29. The molecular formula is C16H23N7O. The van der Waals surface area contributed by atoms with Crippen LogP contribution in [0, 0.1) is 0 Å². The lowest BCUT2D eigenvalue weighted by molar-refractivity contribution is 0.235. The van der Waals surface area contributed by atoms with Crippen molar-refractivity contribution in [2.75, 3.05) is 18.0 Å². The summed E-state index contributed by atoms with van der Waals surface area (Å²) in [6, 6.07) is 4.13. The summed E-state index contributed by atoms with van der Waals surface area (Å²) in [6.45, 7) is 5.56. The third-order valence-corrected chi connectivity index (χ3v) is 4.48. The van der Waals surface area contributed by atoms with Gasteiger partial charge in [0.25, 0.3) is 0 Å². The molecule has 0 bridgehead atoms. The zero-order valence-corrected chi connectivity index (χ0v) is 14.1. The molecule has 2 amide bonds. The second-order valence-corrected chi connectivity index (χ2v) is 7.00. The van der Waals surface area contributed by atoms with Crippen molar-refractivity contribution in [3.63, 3.8) is 0 Å². The van der Waals surface area contributed by atoms with Crippen molar-refractivity contribution >= 4 is 17.5 Å². The first-order valence-corrected chi connectivity index (χ1v) is 8.64. The Morgan fingerprint density at radius 1 is 1.25 bits per heavy atom. The van der Waals surface area contributed by atoms with Crippen LogP contribution in [0.1, 0.15) is 44.9 Å². The number of carbonyl (C=O) groups is 1. The van der Waals surface area contributed by atoms with Gasteiger partial charge in [-0.25, -0.2) is 4.79 Å². The number of urea groups is 1. The van der Waals surface area contributed by atoms with Gasteiger partial charge in [-0.2, -0.15) is 4.52 Å². The summed E-state index contributed by atoms with van der Waals surface area (Å²) in [6.07, 6.45) is 3.27. The topological polar surface area (TPSA) is 87.5 Å². The van der Waals surface area contributed by atoms with Crippen LogP contribution < -0.4 is 15.5 Å². The highest BCUT2D eigenvalue weighted by atomic mass is 16.2. The summed E-state index contributed by atoms with van der Waals surface area (Å²) in [7, 11) is 0. The van der Waals surface area contributed by atoms with Crippen molar-refractivity contribution in [2.24, 2.45) is 0 Å². The molecule has 24 heavy (non-hydrogen) atoms. The van der Waals surface area contributed by atoms with Crippen molar-refractivity contribution < 1.29 is 4.79 Å². The van der Waals surface area contributed by atoms with Gasteiger partial charge in [-0.1, -0.05) is 0 Å². The number of hydrogen-bond acceptors (Lipinski definition) is 5. The Morgan fingerprint density at radius 3 is 2.83 bits per heavy atom. The van der Waals surface area contributed by atoms with Crippen molar-refractivity contribution in [2.45, 2.75) is 51.1 Å². The number of fused-ring (bicyclic) bond motifs is 1. The summed E-state index contributed by atoms with van der Waals surface area (Å²) < 4.78 is 1.87. The van der Waals surface area contributed by atoms with E-state index in [2.05, 4.69) is 25.7 Å². The fourth-order valence-corrected chi connectivity index (χ4v) is 3.14.